The first-order valence-electron chi connectivity index (χ1n) is 6.86. The van der Waals surface area contributed by atoms with E-state index in [-0.39, 0.29) is 12.4 Å². The van der Waals surface area contributed by atoms with Gasteiger partial charge in [-0.25, -0.2) is 4.68 Å². The lowest BCUT2D eigenvalue weighted by Gasteiger charge is -2.34. The van der Waals surface area contributed by atoms with Gasteiger partial charge >= 0.3 is 0 Å². The minimum Gasteiger partial charge on any atom is -0.332 e. The van der Waals surface area contributed by atoms with Gasteiger partial charge in [-0.1, -0.05) is 28.6 Å². The number of aromatic nitrogens is 5. The van der Waals surface area contributed by atoms with Crippen LogP contribution in [0.25, 0.3) is 17.3 Å². The monoisotopic (exact) mass is 318 g/mol. The van der Waals surface area contributed by atoms with Crippen molar-refractivity contribution >= 4 is 12.4 Å². The van der Waals surface area contributed by atoms with Gasteiger partial charge in [0.25, 0.3) is 5.89 Å². The van der Waals surface area contributed by atoms with Gasteiger partial charge in [-0.05, 0) is 31.4 Å². The number of halogens is 1. The zero-order chi connectivity index (χ0) is 14.3. The van der Waals surface area contributed by atoms with Crippen LogP contribution >= 0.6 is 12.4 Å². The molecular weight excluding hydrogens is 304 g/mol. The largest absolute Gasteiger partial charge is 0.332 e. The Morgan fingerprint density at radius 2 is 1.95 bits per heavy atom. The predicted octanol–water partition coefficient (Wildman–Crippen LogP) is 2.08. The van der Waals surface area contributed by atoms with Crippen LogP contribution in [0.15, 0.2) is 41.1 Å². The molecule has 0 radical (unpaired) electrons. The minimum atomic E-state index is -0.433. The second kappa shape index (κ2) is 5.51. The van der Waals surface area contributed by atoms with Gasteiger partial charge < -0.3 is 10.3 Å². The van der Waals surface area contributed by atoms with Crippen LogP contribution in [0.1, 0.15) is 25.1 Å². The number of nitrogens with two attached hydrogens (primary N) is 1. The second-order valence-electron chi connectivity index (χ2n) is 5.32. The van der Waals surface area contributed by atoms with Crippen molar-refractivity contribution in [2.75, 3.05) is 0 Å². The van der Waals surface area contributed by atoms with Gasteiger partial charge in [0.15, 0.2) is 11.5 Å². The van der Waals surface area contributed by atoms with Crippen molar-refractivity contribution in [3.63, 3.8) is 0 Å². The smallest absolute Gasteiger partial charge is 0.280 e. The molecule has 4 rings (SSSR count). The van der Waals surface area contributed by atoms with Gasteiger partial charge in [-0.15, -0.1) is 17.5 Å². The molecule has 8 heteroatoms. The number of nitrogens with zero attached hydrogens (tertiary/aromatic N) is 5. The molecule has 0 atom stereocenters. The predicted molar refractivity (Wildman–Crippen MR) is 81.6 cm³/mol. The second-order valence-corrected chi connectivity index (χ2v) is 5.32. The molecule has 0 saturated heterocycles. The first-order chi connectivity index (χ1) is 10.2. The fraction of sp³-hybridized carbons (Fsp3) is 0.286. The summed E-state index contributed by atoms with van der Waals surface area (Å²) in [5, 5.41) is 12.1. The Balaban J connectivity index is 0.00000144. The molecule has 3 aromatic rings. The highest BCUT2D eigenvalue weighted by atomic mass is 35.5. The van der Waals surface area contributed by atoms with E-state index in [1.54, 1.807) is 10.9 Å². The van der Waals surface area contributed by atoms with Crippen molar-refractivity contribution in [3.8, 4) is 17.3 Å². The molecular formula is C14H15ClN6O. The van der Waals surface area contributed by atoms with E-state index in [1.807, 2.05) is 30.3 Å². The lowest BCUT2D eigenvalue weighted by Crippen LogP contribution is -2.44. The number of hydrogen-bond donors (Lipinski definition) is 1. The maximum absolute atomic E-state index is 6.19. The lowest BCUT2D eigenvalue weighted by atomic mass is 9.77. The van der Waals surface area contributed by atoms with E-state index in [9.17, 15) is 0 Å². The van der Waals surface area contributed by atoms with Crippen molar-refractivity contribution in [2.45, 2.75) is 24.8 Å². The molecule has 0 amide bonds. The van der Waals surface area contributed by atoms with E-state index in [4.69, 9.17) is 10.3 Å². The molecule has 7 nitrogen and oxygen atoms in total. The highest BCUT2D eigenvalue weighted by Crippen LogP contribution is 2.37. The van der Waals surface area contributed by atoms with Crippen LogP contribution in [0, 0.1) is 0 Å². The summed E-state index contributed by atoms with van der Waals surface area (Å²) in [7, 11) is 0. The van der Waals surface area contributed by atoms with Crippen LogP contribution in [0.2, 0.25) is 0 Å². The summed E-state index contributed by atoms with van der Waals surface area (Å²) >= 11 is 0. The van der Waals surface area contributed by atoms with Crippen molar-refractivity contribution in [1.29, 1.82) is 0 Å². The zero-order valence-corrected chi connectivity index (χ0v) is 12.5. The molecule has 1 saturated carbocycles. The van der Waals surface area contributed by atoms with Crippen molar-refractivity contribution in [2.24, 2.45) is 5.73 Å². The maximum atomic E-state index is 6.19. The molecule has 1 fully saturated rings. The average molecular weight is 319 g/mol. The Hall–Kier alpha value is -2.25. The highest BCUT2D eigenvalue weighted by Gasteiger charge is 2.39. The van der Waals surface area contributed by atoms with Crippen molar-refractivity contribution in [1.82, 2.24) is 25.1 Å². The van der Waals surface area contributed by atoms with Crippen LogP contribution in [0.3, 0.4) is 0 Å². The van der Waals surface area contributed by atoms with E-state index in [0.717, 1.165) is 24.9 Å². The van der Waals surface area contributed by atoms with Crippen LogP contribution in [-0.2, 0) is 5.54 Å². The average Bonchev–Trinajstić information content (AvgIpc) is 3.14. The van der Waals surface area contributed by atoms with Gasteiger partial charge in [0.1, 0.15) is 0 Å². The van der Waals surface area contributed by atoms with Crippen LogP contribution in [-0.4, -0.2) is 25.1 Å². The Labute approximate surface area is 132 Å². The molecule has 1 aromatic carbocycles. The minimum absolute atomic E-state index is 0. The Kier molecular flexibility index (Phi) is 3.67. The van der Waals surface area contributed by atoms with E-state index >= 15 is 0 Å². The summed E-state index contributed by atoms with van der Waals surface area (Å²) in [5.74, 6) is 0.905. The Morgan fingerprint density at radius 3 is 2.64 bits per heavy atom. The van der Waals surface area contributed by atoms with Crippen LogP contribution < -0.4 is 5.73 Å². The van der Waals surface area contributed by atoms with E-state index in [2.05, 4.69) is 20.5 Å². The van der Waals surface area contributed by atoms with Gasteiger partial charge in [0, 0.05) is 0 Å². The SMILES string of the molecule is Cl.NC1(c2noc(-c3cn(-c4ccccc4)nn3)n2)CCC1. The third-order valence-corrected chi connectivity index (χ3v) is 3.85. The van der Waals surface area contributed by atoms with Crippen LogP contribution in [0.4, 0.5) is 0 Å². The molecule has 0 aliphatic heterocycles. The lowest BCUT2D eigenvalue weighted by molar-refractivity contribution is 0.229. The molecule has 2 aromatic heterocycles. The molecule has 1 aliphatic carbocycles. The van der Waals surface area contributed by atoms with Gasteiger partial charge in [0.05, 0.1) is 17.4 Å². The summed E-state index contributed by atoms with van der Waals surface area (Å²) in [6, 6.07) is 9.72. The van der Waals surface area contributed by atoms with Crippen molar-refractivity contribution in [3.05, 3.63) is 42.4 Å². The number of benzene rings is 1. The van der Waals surface area contributed by atoms with Gasteiger partial charge in [0.2, 0.25) is 0 Å². The molecule has 114 valence electrons. The fourth-order valence-corrected chi connectivity index (χ4v) is 2.38. The Morgan fingerprint density at radius 1 is 1.18 bits per heavy atom. The summed E-state index contributed by atoms with van der Waals surface area (Å²) in [4.78, 5) is 4.36. The van der Waals surface area contributed by atoms with Crippen molar-refractivity contribution < 1.29 is 4.52 Å². The summed E-state index contributed by atoms with van der Waals surface area (Å²) < 4.78 is 6.93. The maximum Gasteiger partial charge on any atom is 0.280 e. The summed E-state index contributed by atoms with van der Waals surface area (Å²) in [6.45, 7) is 0. The topological polar surface area (TPSA) is 95.7 Å². The number of rotatable bonds is 3. The zero-order valence-electron chi connectivity index (χ0n) is 11.7. The normalized spacial score (nSPS) is 15.9. The molecule has 1 aliphatic rings. The molecule has 2 heterocycles. The van der Waals surface area contributed by atoms with Gasteiger partial charge in [-0.2, -0.15) is 4.98 Å². The highest BCUT2D eigenvalue weighted by molar-refractivity contribution is 5.85. The summed E-state index contributed by atoms with van der Waals surface area (Å²) in [5.41, 5.74) is 7.22. The quantitative estimate of drug-likeness (QED) is 0.794. The molecule has 0 bridgehead atoms. The molecule has 22 heavy (non-hydrogen) atoms. The van der Waals surface area contributed by atoms with Crippen LogP contribution in [0.5, 0.6) is 0 Å². The first-order valence-corrected chi connectivity index (χ1v) is 6.86. The molecule has 2 N–H and O–H groups in total. The molecule has 0 unspecified atom stereocenters. The first kappa shape index (κ1) is 14.7. The molecule has 0 spiro atoms. The van der Waals surface area contributed by atoms with E-state index < -0.39 is 5.54 Å². The van der Waals surface area contributed by atoms with E-state index in [0.29, 0.717) is 17.4 Å². The number of para-hydroxylation sites is 1. The Bertz CT molecular complexity index is 765. The summed E-state index contributed by atoms with van der Waals surface area (Å²) in [6.07, 6.45) is 4.65. The van der Waals surface area contributed by atoms with E-state index in [1.165, 1.54) is 0 Å². The number of hydrogen-bond acceptors (Lipinski definition) is 6. The standard InChI is InChI=1S/C14H14N6O.ClH/c15-14(7-4-8-14)13-16-12(21-18-13)11-9-20(19-17-11)10-5-2-1-3-6-10;/h1-3,5-6,9H,4,7-8,15H2;1H. The third-order valence-electron chi connectivity index (χ3n) is 3.85. The fourth-order valence-electron chi connectivity index (χ4n) is 2.38. The third kappa shape index (κ3) is 2.38. The van der Waals surface area contributed by atoms with Gasteiger partial charge in [-0.3, -0.25) is 0 Å².